The maximum atomic E-state index is 15.0. The molecule has 0 aliphatic carbocycles. The third-order valence-electron chi connectivity index (χ3n) is 6.46. The highest BCUT2D eigenvalue weighted by Crippen LogP contribution is 2.27. The van der Waals surface area contributed by atoms with E-state index in [9.17, 15) is 18.0 Å². The van der Waals surface area contributed by atoms with Crippen LogP contribution in [0.25, 0.3) is 0 Å². The lowest BCUT2D eigenvalue weighted by atomic mass is 10.1. The van der Waals surface area contributed by atoms with Gasteiger partial charge in [0.05, 0.1) is 35.8 Å². The first kappa shape index (κ1) is 28.5. The zero-order valence-corrected chi connectivity index (χ0v) is 22.4. The molecule has 7 nitrogen and oxygen atoms in total. The van der Waals surface area contributed by atoms with E-state index in [-0.39, 0.29) is 48.7 Å². The smallest absolute Gasteiger partial charge is 0.263 e. The number of hydrogen-bond acceptors (Lipinski definition) is 5. The molecule has 0 aromatic heterocycles. The topological polar surface area (TPSA) is 84.0 Å². The first-order chi connectivity index (χ1) is 18.6. The SMILES string of the molecule is Cc1ccc(S(=O)(=O)N(CCCN2C(=O)c3ccccc3C2=O)CC(F)(F)CCOCc2ccccc2)cc1. The Hall–Kier alpha value is -3.47. The van der Waals surface area contributed by atoms with E-state index >= 15 is 8.78 Å². The van der Waals surface area contributed by atoms with Crippen molar-refractivity contribution < 1.29 is 31.5 Å². The molecule has 0 unspecified atom stereocenters. The molecule has 0 atom stereocenters. The number of benzene rings is 3. The highest BCUT2D eigenvalue weighted by Gasteiger charge is 2.38. The predicted octanol–water partition coefficient (Wildman–Crippen LogP) is 4.91. The largest absolute Gasteiger partial charge is 0.377 e. The van der Waals surface area contributed by atoms with Crippen LogP contribution in [0.1, 0.15) is 44.7 Å². The van der Waals surface area contributed by atoms with Gasteiger partial charge in [0, 0.05) is 19.5 Å². The van der Waals surface area contributed by atoms with Crippen LogP contribution in [0.15, 0.2) is 83.8 Å². The third kappa shape index (κ3) is 6.95. The Kier molecular flexibility index (Phi) is 8.89. The van der Waals surface area contributed by atoms with Crippen LogP contribution < -0.4 is 0 Å². The number of imide groups is 1. The Balaban J connectivity index is 1.43. The van der Waals surface area contributed by atoms with Crippen molar-refractivity contribution in [3.05, 3.63) is 101 Å². The summed E-state index contributed by atoms with van der Waals surface area (Å²) in [6.07, 6.45) is -0.671. The Morgan fingerprint density at radius 1 is 0.872 bits per heavy atom. The van der Waals surface area contributed by atoms with Gasteiger partial charge in [-0.2, -0.15) is 4.31 Å². The Morgan fingerprint density at radius 3 is 2.08 bits per heavy atom. The second-order valence-electron chi connectivity index (χ2n) is 9.46. The summed E-state index contributed by atoms with van der Waals surface area (Å²) in [5.41, 5.74) is 2.21. The Bertz CT molecular complexity index is 1380. The van der Waals surface area contributed by atoms with Crippen LogP contribution in [-0.2, 0) is 21.4 Å². The van der Waals surface area contributed by atoms with Crippen molar-refractivity contribution in [2.75, 3.05) is 26.2 Å². The van der Waals surface area contributed by atoms with E-state index in [4.69, 9.17) is 4.74 Å². The number of amides is 2. The number of halogens is 2. The number of nitrogens with zero attached hydrogens (tertiary/aromatic N) is 2. The van der Waals surface area contributed by atoms with Crippen LogP contribution in [0.4, 0.5) is 8.78 Å². The summed E-state index contributed by atoms with van der Waals surface area (Å²) in [5.74, 6) is -4.34. The number of hydrogen-bond donors (Lipinski definition) is 0. The van der Waals surface area contributed by atoms with Gasteiger partial charge in [-0.05, 0) is 43.2 Å². The molecule has 0 radical (unpaired) electrons. The Morgan fingerprint density at radius 2 is 1.46 bits per heavy atom. The maximum absolute atomic E-state index is 15.0. The van der Waals surface area contributed by atoms with Crippen LogP contribution in [0.3, 0.4) is 0 Å². The summed E-state index contributed by atoms with van der Waals surface area (Å²) in [6, 6.07) is 21.5. The lowest BCUT2D eigenvalue weighted by Gasteiger charge is -2.27. The van der Waals surface area contributed by atoms with Crippen LogP contribution in [-0.4, -0.2) is 61.6 Å². The van der Waals surface area contributed by atoms with Gasteiger partial charge in [0.1, 0.15) is 0 Å². The zero-order valence-electron chi connectivity index (χ0n) is 21.6. The van der Waals surface area contributed by atoms with Crippen molar-refractivity contribution in [3.8, 4) is 0 Å². The molecule has 1 heterocycles. The predicted molar refractivity (Wildman–Crippen MR) is 142 cm³/mol. The molecule has 0 saturated heterocycles. The average Bonchev–Trinajstić information content (AvgIpc) is 3.16. The van der Waals surface area contributed by atoms with Crippen molar-refractivity contribution >= 4 is 21.8 Å². The minimum Gasteiger partial charge on any atom is -0.377 e. The molecule has 0 fully saturated rings. The maximum Gasteiger partial charge on any atom is 0.263 e. The number of carbonyl (C=O) groups excluding carboxylic acids is 2. The normalized spacial score (nSPS) is 13.8. The fourth-order valence-electron chi connectivity index (χ4n) is 4.31. The molecular weight excluding hydrogens is 526 g/mol. The second kappa shape index (κ2) is 12.1. The summed E-state index contributed by atoms with van der Waals surface area (Å²) in [4.78, 5) is 26.2. The highest BCUT2D eigenvalue weighted by atomic mass is 32.2. The second-order valence-corrected chi connectivity index (χ2v) is 11.4. The van der Waals surface area contributed by atoms with Crippen molar-refractivity contribution in [3.63, 3.8) is 0 Å². The van der Waals surface area contributed by atoms with Crippen LogP contribution in [0, 0.1) is 6.92 Å². The summed E-state index contributed by atoms with van der Waals surface area (Å²) in [6.45, 7) is 0.250. The number of carbonyl (C=O) groups is 2. The summed E-state index contributed by atoms with van der Waals surface area (Å²) >= 11 is 0. The van der Waals surface area contributed by atoms with E-state index in [1.807, 2.05) is 30.3 Å². The average molecular weight is 557 g/mol. The van der Waals surface area contributed by atoms with Gasteiger partial charge >= 0.3 is 0 Å². The van der Waals surface area contributed by atoms with Gasteiger partial charge in [-0.15, -0.1) is 0 Å². The van der Waals surface area contributed by atoms with Gasteiger partial charge < -0.3 is 4.74 Å². The van der Waals surface area contributed by atoms with E-state index in [1.165, 1.54) is 12.1 Å². The molecule has 0 bridgehead atoms. The van der Waals surface area contributed by atoms with E-state index < -0.39 is 40.7 Å². The molecule has 0 N–H and O–H groups in total. The van der Waals surface area contributed by atoms with E-state index in [0.717, 1.165) is 20.3 Å². The molecule has 2 amide bonds. The molecule has 0 spiro atoms. The lowest BCUT2D eigenvalue weighted by Crippen LogP contribution is -2.43. The van der Waals surface area contributed by atoms with Gasteiger partial charge in [0.15, 0.2) is 0 Å². The molecule has 206 valence electrons. The molecule has 1 aliphatic rings. The molecule has 39 heavy (non-hydrogen) atoms. The minimum absolute atomic E-state index is 0.00283. The summed E-state index contributed by atoms with van der Waals surface area (Å²) in [5, 5.41) is 0. The first-order valence-electron chi connectivity index (χ1n) is 12.6. The zero-order chi connectivity index (χ0) is 28.0. The lowest BCUT2D eigenvalue weighted by molar-refractivity contribution is -0.0469. The molecule has 1 aliphatic heterocycles. The molecule has 0 saturated carbocycles. The number of rotatable bonds is 13. The fraction of sp³-hybridized carbons (Fsp3) is 0.310. The van der Waals surface area contributed by atoms with Gasteiger partial charge in [-0.3, -0.25) is 14.5 Å². The van der Waals surface area contributed by atoms with Crippen molar-refractivity contribution in [2.24, 2.45) is 0 Å². The first-order valence-corrected chi connectivity index (χ1v) is 14.0. The van der Waals surface area contributed by atoms with Gasteiger partial charge in [-0.25, -0.2) is 17.2 Å². The number of sulfonamides is 1. The van der Waals surface area contributed by atoms with E-state index in [1.54, 1.807) is 43.3 Å². The minimum atomic E-state index is -4.28. The van der Waals surface area contributed by atoms with Gasteiger partial charge in [0.2, 0.25) is 10.0 Å². The molecule has 4 rings (SSSR count). The number of ether oxygens (including phenoxy) is 1. The monoisotopic (exact) mass is 556 g/mol. The summed E-state index contributed by atoms with van der Waals surface area (Å²) in [7, 11) is -4.28. The highest BCUT2D eigenvalue weighted by molar-refractivity contribution is 7.89. The quantitative estimate of drug-likeness (QED) is 0.221. The standard InChI is InChI=1S/C29H30F2N2O5S/c1-22-12-14-24(15-13-22)39(36,37)32(21-29(30,31)16-19-38-20-23-8-3-2-4-9-23)17-7-18-33-27(34)25-10-5-6-11-26(25)28(33)35/h2-6,8-15H,7,16-21H2,1H3. The van der Waals surface area contributed by atoms with Gasteiger partial charge in [-0.1, -0.05) is 60.2 Å². The number of aryl methyl sites for hydroxylation is 1. The third-order valence-corrected chi connectivity index (χ3v) is 8.32. The van der Waals surface area contributed by atoms with Crippen molar-refractivity contribution in [1.82, 2.24) is 9.21 Å². The number of fused-ring (bicyclic) bond motifs is 1. The summed E-state index contributed by atoms with van der Waals surface area (Å²) < 4.78 is 63.0. The van der Waals surface area contributed by atoms with E-state index in [2.05, 4.69) is 0 Å². The molecule has 10 heteroatoms. The van der Waals surface area contributed by atoms with Crippen LogP contribution >= 0.6 is 0 Å². The number of alkyl halides is 2. The van der Waals surface area contributed by atoms with Crippen LogP contribution in [0.5, 0.6) is 0 Å². The fourth-order valence-corrected chi connectivity index (χ4v) is 5.82. The van der Waals surface area contributed by atoms with Crippen molar-refractivity contribution in [2.45, 2.75) is 37.2 Å². The van der Waals surface area contributed by atoms with E-state index in [0.29, 0.717) is 0 Å². The Labute approximate surface area is 227 Å². The molecule has 3 aromatic carbocycles. The van der Waals surface area contributed by atoms with Crippen LogP contribution in [0.2, 0.25) is 0 Å². The van der Waals surface area contributed by atoms with Crippen molar-refractivity contribution in [1.29, 1.82) is 0 Å². The van der Waals surface area contributed by atoms with Gasteiger partial charge in [0.25, 0.3) is 17.7 Å². The molecular formula is C29H30F2N2O5S. The molecule has 3 aromatic rings.